The number of anilines is 1. The molecule has 3 aromatic carbocycles. The van der Waals surface area contributed by atoms with Gasteiger partial charge in [0.2, 0.25) is 11.8 Å². The highest BCUT2D eigenvalue weighted by molar-refractivity contribution is 6.23. The Kier molecular flexibility index (Phi) is 5.74. The van der Waals surface area contributed by atoms with Crippen LogP contribution in [0.25, 0.3) is 0 Å². The molecule has 1 aliphatic heterocycles. The van der Waals surface area contributed by atoms with Crippen LogP contribution in [0, 0.1) is 11.8 Å². The molecular weight excluding hydrogens is 458 g/mol. The van der Waals surface area contributed by atoms with Gasteiger partial charge in [0.1, 0.15) is 5.75 Å². The molecule has 0 unspecified atom stereocenters. The Balaban J connectivity index is 1.38. The normalized spacial score (nSPS) is 23.6. The fourth-order valence-corrected chi connectivity index (χ4v) is 6.68. The third-order valence-corrected chi connectivity index (χ3v) is 8.52. The van der Waals surface area contributed by atoms with Gasteiger partial charge in [-0.3, -0.25) is 9.59 Å². The minimum atomic E-state index is -0.375. The maximum absolute atomic E-state index is 14.0. The quantitative estimate of drug-likeness (QED) is 0.276. The highest BCUT2D eigenvalue weighted by Crippen LogP contribution is 2.61. The van der Waals surface area contributed by atoms with Crippen molar-refractivity contribution >= 4 is 17.5 Å². The number of carbonyl (C=O) groups is 2. The zero-order chi connectivity index (χ0) is 25.9. The first-order valence-corrected chi connectivity index (χ1v) is 13.6. The number of hydrogen-bond donors (Lipinski definition) is 0. The molecule has 2 bridgehead atoms. The van der Waals surface area contributed by atoms with Gasteiger partial charge in [0, 0.05) is 11.8 Å². The van der Waals surface area contributed by atoms with Crippen molar-refractivity contribution in [3.8, 4) is 5.75 Å². The summed E-state index contributed by atoms with van der Waals surface area (Å²) in [4.78, 5) is 29.5. The second kappa shape index (κ2) is 8.86. The summed E-state index contributed by atoms with van der Waals surface area (Å²) in [6.07, 6.45) is 3.31. The fraction of sp³-hybridized carbons (Fsp3) is 0.394. The Morgan fingerprint density at radius 3 is 1.95 bits per heavy atom. The summed E-state index contributed by atoms with van der Waals surface area (Å²) in [7, 11) is 0. The van der Waals surface area contributed by atoms with E-state index in [0.29, 0.717) is 12.3 Å². The molecule has 1 heterocycles. The molecule has 3 aliphatic carbocycles. The summed E-state index contributed by atoms with van der Waals surface area (Å²) in [5, 5.41) is 0. The van der Waals surface area contributed by atoms with Crippen LogP contribution in [-0.4, -0.2) is 18.4 Å². The average Bonchev–Trinajstić information content (AvgIpc) is 3.16. The average molecular weight is 494 g/mol. The summed E-state index contributed by atoms with van der Waals surface area (Å²) in [5.41, 5.74) is 6.72. The molecule has 0 saturated carbocycles. The molecule has 4 heteroatoms. The molecule has 37 heavy (non-hydrogen) atoms. The SMILES string of the molecule is CCCCCOc1ccc(N2C(=O)[C@H]3[C@@H]4c5ccccc5[C@H](c5cc(C(C)(C)C)ccc54)[C@@H]3C2=O)cc1. The number of ether oxygens (including phenoxy) is 1. The lowest BCUT2D eigenvalue weighted by Gasteiger charge is -2.46. The molecule has 190 valence electrons. The predicted octanol–water partition coefficient (Wildman–Crippen LogP) is 6.95. The number of benzene rings is 3. The highest BCUT2D eigenvalue weighted by atomic mass is 16.5. The summed E-state index contributed by atoms with van der Waals surface area (Å²) in [5.74, 6) is -0.343. The van der Waals surface area contributed by atoms with Crippen LogP contribution in [-0.2, 0) is 15.0 Å². The molecule has 0 radical (unpaired) electrons. The second-order valence-corrected chi connectivity index (χ2v) is 11.8. The molecule has 1 saturated heterocycles. The van der Waals surface area contributed by atoms with Crippen molar-refractivity contribution in [2.45, 2.75) is 64.2 Å². The standard InChI is InChI=1S/C33H35NO3/c1-5-6-9-18-37-22-15-13-21(14-16-22)34-31(35)29-27-23-10-7-8-11-24(23)28(30(29)32(34)36)26-19-20(33(2,3)4)12-17-25(26)27/h7-8,10-17,19,27-30H,5-6,9,18H2,1-4H3/t27-,28-,29+,30+/m1/s1. The van der Waals surface area contributed by atoms with Gasteiger partial charge >= 0.3 is 0 Å². The van der Waals surface area contributed by atoms with E-state index in [9.17, 15) is 9.59 Å². The number of unbranched alkanes of at least 4 members (excludes halogenated alkanes) is 2. The van der Waals surface area contributed by atoms with Gasteiger partial charge in [-0.25, -0.2) is 4.90 Å². The summed E-state index contributed by atoms with van der Waals surface area (Å²) in [6.45, 7) is 9.50. The van der Waals surface area contributed by atoms with Gasteiger partial charge in [-0.1, -0.05) is 83.0 Å². The van der Waals surface area contributed by atoms with Crippen molar-refractivity contribution in [3.63, 3.8) is 0 Å². The molecule has 2 amide bonds. The van der Waals surface area contributed by atoms with Crippen LogP contribution in [0.3, 0.4) is 0 Å². The third-order valence-electron chi connectivity index (χ3n) is 8.52. The number of imide groups is 1. The molecule has 0 N–H and O–H groups in total. The number of hydrogen-bond acceptors (Lipinski definition) is 3. The molecule has 0 aromatic heterocycles. The van der Waals surface area contributed by atoms with Gasteiger partial charge < -0.3 is 4.74 Å². The van der Waals surface area contributed by atoms with Crippen molar-refractivity contribution in [2.24, 2.45) is 11.8 Å². The van der Waals surface area contributed by atoms with Crippen LogP contribution in [0.15, 0.2) is 66.7 Å². The van der Waals surface area contributed by atoms with E-state index in [1.165, 1.54) is 32.7 Å². The Morgan fingerprint density at radius 2 is 1.35 bits per heavy atom. The van der Waals surface area contributed by atoms with E-state index in [2.05, 4.69) is 70.2 Å². The van der Waals surface area contributed by atoms with Crippen molar-refractivity contribution < 1.29 is 14.3 Å². The van der Waals surface area contributed by atoms with E-state index in [-0.39, 0.29) is 40.9 Å². The molecule has 7 rings (SSSR count). The first kappa shape index (κ1) is 24.0. The molecule has 4 nitrogen and oxygen atoms in total. The van der Waals surface area contributed by atoms with E-state index in [0.717, 1.165) is 25.0 Å². The highest BCUT2D eigenvalue weighted by Gasteiger charge is 2.61. The molecule has 4 atom stereocenters. The van der Waals surface area contributed by atoms with E-state index >= 15 is 0 Å². The first-order chi connectivity index (χ1) is 17.8. The maximum atomic E-state index is 14.0. The molecule has 3 aromatic rings. The lowest BCUT2D eigenvalue weighted by atomic mass is 9.54. The van der Waals surface area contributed by atoms with Crippen LogP contribution in [0.2, 0.25) is 0 Å². The van der Waals surface area contributed by atoms with Crippen LogP contribution in [0.4, 0.5) is 5.69 Å². The van der Waals surface area contributed by atoms with Crippen molar-refractivity contribution in [3.05, 3.63) is 94.5 Å². The first-order valence-electron chi connectivity index (χ1n) is 13.6. The monoisotopic (exact) mass is 493 g/mol. The number of rotatable bonds is 6. The van der Waals surface area contributed by atoms with Crippen LogP contribution in [0.5, 0.6) is 5.75 Å². The van der Waals surface area contributed by atoms with Crippen molar-refractivity contribution in [1.82, 2.24) is 0 Å². The number of nitrogens with zero attached hydrogens (tertiary/aromatic N) is 1. The second-order valence-electron chi connectivity index (χ2n) is 11.8. The van der Waals surface area contributed by atoms with Crippen molar-refractivity contribution in [1.29, 1.82) is 0 Å². The van der Waals surface area contributed by atoms with Gasteiger partial charge in [0.05, 0.1) is 24.1 Å². The lowest BCUT2D eigenvalue weighted by Crippen LogP contribution is -2.41. The predicted molar refractivity (Wildman–Crippen MR) is 146 cm³/mol. The van der Waals surface area contributed by atoms with Crippen molar-refractivity contribution in [2.75, 3.05) is 11.5 Å². The largest absolute Gasteiger partial charge is 0.494 e. The zero-order valence-electron chi connectivity index (χ0n) is 22.2. The molecule has 0 spiro atoms. The molecule has 4 aliphatic rings. The Labute approximate surface area is 219 Å². The van der Waals surface area contributed by atoms with Gasteiger partial charge in [-0.05, 0) is 63.9 Å². The Hall–Kier alpha value is -3.40. The van der Waals surface area contributed by atoms with E-state index in [4.69, 9.17) is 4.74 Å². The summed E-state index contributed by atoms with van der Waals surface area (Å²) in [6, 6.07) is 22.6. The minimum absolute atomic E-state index is 0.00648. The van der Waals surface area contributed by atoms with Crippen LogP contribution in [0.1, 0.15) is 86.6 Å². The maximum Gasteiger partial charge on any atom is 0.238 e. The minimum Gasteiger partial charge on any atom is -0.494 e. The van der Waals surface area contributed by atoms with Gasteiger partial charge in [-0.2, -0.15) is 0 Å². The van der Waals surface area contributed by atoms with E-state index < -0.39 is 0 Å². The van der Waals surface area contributed by atoms with E-state index in [1.54, 1.807) is 0 Å². The molecular formula is C33H35NO3. The Bertz CT molecular complexity index is 1370. The third kappa shape index (κ3) is 3.72. The summed E-state index contributed by atoms with van der Waals surface area (Å²) >= 11 is 0. The number of carbonyl (C=O) groups excluding carboxylic acids is 2. The fourth-order valence-electron chi connectivity index (χ4n) is 6.68. The molecule has 1 fully saturated rings. The zero-order valence-corrected chi connectivity index (χ0v) is 22.2. The lowest BCUT2D eigenvalue weighted by molar-refractivity contribution is -0.122. The smallest absolute Gasteiger partial charge is 0.238 e. The van der Waals surface area contributed by atoms with Crippen LogP contribution < -0.4 is 9.64 Å². The van der Waals surface area contributed by atoms with Crippen LogP contribution >= 0.6 is 0 Å². The number of amides is 2. The Morgan fingerprint density at radius 1 is 0.757 bits per heavy atom. The summed E-state index contributed by atoms with van der Waals surface area (Å²) < 4.78 is 5.85. The van der Waals surface area contributed by atoms with Gasteiger partial charge in [0.15, 0.2) is 0 Å². The van der Waals surface area contributed by atoms with Gasteiger partial charge in [-0.15, -0.1) is 0 Å². The van der Waals surface area contributed by atoms with E-state index in [1.807, 2.05) is 24.3 Å². The topological polar surface area (TPSA) is 46.6 Å². The van der Waals surface area contributed by atoms with Gasteiger partial charge in [0.25, 0.3) is 0 Å².